The van der Waals surface area contributed by atoms with Crippen LogP contribution in [0.4, 0.5) is 5.69 Å². The lowest BCUT2D eigenvalue weighted by molar-refractivity contribution is -0.120. The summed E-state index contributed by atoms with van der Waals surface area (Å²) < 4.78 is 0. The van der Waals surface area contributed by atoms with Gasteiger partial charge in [0.15, 0.2) is 0 Å². The first-order valence-electron chi connectivity index (χ1n) is 8.86. The molecule has 1 aromatic heterocycles. The first-order chi connectivity index (χ1) is 12.6. The average molecular weight is 388 g/mol. The zero-order chi connectivity index (χ0) is 18.1. The van der Waals surface area contributed by atoms with E-state index in [1.807, 2.05) is 24.3 Å². The lowest BCUT2D eigenvalue weighted by atomic mass is 9.88. The third-order valence-electron chi connectivity index (χ3n) is 4.91. The van der Waals surface area contributed by atoms with Crippen LogP contribution < -0.4 is 5.32 Å². The standard InChI is InChI=1S/C20H19Cl2N3O/c21-13-6-9-17-18(10-13)25-19(24-17)15-8-7-14(11-16(15)22)23-20(26)12-4-2-1-3-5-12/h6-12H,1-5H2,(H,23,26)(H,24,25). The topological polar surface area (TPSA) is 57.8 Å². The molecule has 0 saturated heterocycles. The van der Waals surface area contributed by atoms with Gasteiger partial charge in [0.25, 0.3) is 0 Å². The number of nitrogens with zero attached hydrogens (tertiary/aromatic N) is 1. The Morgan fingerprint density at radius 2 is 1.88 bits per heavy atom. The van der Waals surface area contributed by atoms with E-state index in [0.717, 1.165) is 42.3 Å². The van der Waals surface area contributed by atoms with E-state index in [1.165, 1.54) is 6.42 Å². The third-order valence-corrected chi connectivity index (χ3v) is 5.46. The molecule has 2 aromatic carbocycles. The van der Waals surface area contributed by atoms with Crippen molar-refractivity contribution >= 4 is 45.8 Å². The normalized spacial score (nSPS) is 15.3. The highest BCUT2D eigenvalue weighted by molar-refractivity contribution is 6.33. The number of nitrogens with one attached hydrogen (secondary N) is 2. The molecule has 1 saturated carbocycles. The van der Waals surface area contributed by atoms with Crippen LogP contribution in [0.3, 0.4) is 0 Å². The van der Waals surface area contributed by atoms with Crippen LogP contribution in [0, 0.1) is 5.92 Å². The van der Waals surface area contributed by atoms with Crippen molar-refractivity contribution in [1.29, 1.82) is 0 Å². The lowest BCUT2D eigenvalue weighted by Crippen LogP contribution is -2.24. The van der Waals surface area contributed by atoms with Gasteiger partial charge >= 0.3 is 0 Å². The summed E-state index contributed by atoms with van der Waals surface area (Å²) in [4.78, 5) is 20.2. The number of aromatic nitrogens is 2. The predicted octanol–water partition coefficient (Wildman–Crippen LogP) is 6.06. The molecule has 4 nitrogen and oxygen atoms in total. The van der Waals surface area contributed by atoms with Crippen molar-refractivity contribution in [3.63, 3.8) is 0 Å². The van der Waals surface area contributed by atoms with E-state index in [-0.39, 0.29) is 11.8 Å². The van der Waals surface area contributed by atoms with Crippen LogP contribution in [0.1, 0.15) is 32.1 Å². The van der Waals surface area contributed by atoms with Gasteiger partial charge in [-0.3, -0.25) is 4.79 Å². The van der Waals surface area contributed by atoms with Crippen LogP contribution in [0.15, 0.2) is 36.4 Å². The predicted molar refractivity (Wildman–Crippen MR) is 107 cm³/mol. The molecule has 134 valence electrons. The monoisotopic (exact) mass is 387 g/mol. The minimum atomic E-state index is 0.0897. The number of hydrogen-bond acceptors (Lipinski definition) is 2. The van der Waals surface area contributed by atoms with Crippen LogP contribution in [0.2, 0.25) is 10.0 Å². The molecule has 1 fully saturated rings. The van der Waals surface area contributed by atoms with Crippen molar-refractivity contribution in [3.05, 3.63) is 46.4 Å². The summed E-state index contributed by atoms with van der Waals surface area (Å²) in [6.07, 6.45) is 5.44. The maximum Gasteiger partial charge on any atom is 0.227 e. The van der Waals surface area contributed by atoms with Gasteiger partial charge in [-0.2, -0.15) is 0 Å². The van der Waals surface area contributed by atoms with Crippen LogP contribution in [0.5, 0.6) is 0 Å². The van der Waals surface area contributed by atoms with Crippen molar-refractivity contribution in [1.82, 2.24) is 9.97 Å². The van der Waals surface area contributed by atoms with E-state index in [9.17, 15) is 4.79 Å². The highest BCUT2D eigenvalue weighted by Crippen LogP contribution is 2.31. The van der Waals surface area contributed by atoms with Crippen molar-refractivity contribution in [2.75, 3.05) is 5.32 Å². The van der Waals surface area contributed by atoms with E-state index >= 15 is 0 Å². The van der Waals surface area contributed by atoms with E-state index < -0.39 is 0 Å². The maximum atomic E-state index is 12.4. The molecule has 0 spiro atoms. The Kier molecular flexibility index (Phi) is 4.88. The third kappa shape index (κ3) is 3.57. The number of hydrogen-bond donors (Lipinski definition) is 2. The van der Waals surface area contributed by atoms with Crippen LogP contribution in [0.25, 0.3) is 22.4 Å². The summed E-state index contributed by atoms with van der Waals surface area (Å²) in [6, 6.07) is 11.0. The van der Waals surface area contributed by atoms with Crippen LogP contribution in [-0.4, -0.2) is 15.9 Å². The SMILES string of the molecule is O=C(Nc1ccc(-c2nc3ccc(Cl)cc3[nH]2)c(Cl)c1)C1CCCCC1. The fourth-order valence-electron chi connectivity index (χ4n) is 3.50. The minimum absolute atomic E-state index is 0.0897. The fourth-order valence-corrected chi connectivity index (χ4v) is 3.95. The van der Waals surface area contributed by atoms with Gasteiger partial charge in [-0.15, -0.1) is 0 Å². The second-order valence-corrected chi connectivity index (χ2v) is 7.61. The molecule has 0 atom stereocenters. The maximum absolute atomic E-state index is 12.4. The molecule has 4 rings (SSSR count). The summed E-state index contributed by atoms with van der Waals surface area (Å²) in [7, 11) is 0. The Labute approximate surface area is 161 Å². The quantitative estimate of drug-likeness (QED) is 0.573. The molecule has 1 aliphatic carbocycles. The summed E-state index contributed by atoms with van der Waals surface area (Å²) in [5, 5.41) is 4.18. The molecular formula is C20H19Cl2N3O. The molecule has 1 aliphatic rings. The Morgan fingerprint density at radius 3 is 2.65 bits per heavy atom. The molecule has 0 bridgehead atoms. The van der Waals surface area contributed by atoms with Gasteiger partial charge in [0.1, 0.15) is 5.82 Å². The van der Waals surface area contributed by atoms with Gasteiger partial charge in [-0.25, -0.2) is 4.98 Å². The molecule has 0 aliphatic heterocycles. The summed E-state index contributed by atoms with van der Waals surface area (Å²) in [5.74, 6) is 0.881. The average Bonchev–Trinajstić information content (AvgIpc) is 3.05. The van der Waals surface area contributed by atoms with E-state index in [1.54, 1.807) is 12.1 Å². The molecule has 2 N–H and O–H groups in total. The molecule has 0 unspecified atom stereocenters. The zero-order valence-corrected chi connectivity index (χ0v) is 15.7. The van der Waals surface area contributed by atoms with Crippen molar-refractivity contribution in [3.8, 4) is 11.4 Å². The van der Waals surface area contributed by atoms with Gasteiger partial charge in [0, 0.05) is 22.2 Å². The van der Waals surface area contributed by atoms with Gasteiger partial charge in [-0.05, 0) is 49.2 Å². The molecule has 6 heteroatoms. The smallest absolute Gasteiger partial charge is 0.227 e. The Morgan fingerprint density at radius 1 is 1.08 bits per heavy atom. The van der Waals surface area contributed by atoms with Crippen LogP contribution in [-0.2, 0) is 4.79 Å². The molecule has 1 amide bonds. The summed E-state index contributed by atoms with van der Waals surface area (Å²) >= 11 is 12.5. The number of carbonyl (C=O) groups is 1. The number of benzene rings is 2. The summed E-state index contributed by atoms with van der Waals surface area (Å²) in [5.41, 5.74) is 3.19. The van der Waals surface area contributed by atoms with E-state index in [2.05, 4.69) is 15.3 Å². The number of amides is 1. The lowest BCUT2D eigenvalue weighted by Gasteiger charge is -2.20. The second-order valence-electron chi connectivity index (χ2n) is 6.77. The Balaban J connectivity index is 1.55. The highest BCUT2D eigenvalue weighted by atomic mass is 35.5. The second kappa shape index (κ2) is 7.29. The van der Waals surface area contributed by atoms with E-state index in [4.69, 9.17) is 23.2 Å². The molecule has 0 radical (unpaired) electrons. The van der Waals surface area contributed by atoms with Gasteiger partial charge in [0.05, 0.1) is 16.1 Å². The fraction of sp³-hybridized carbons (Fsp3) is 0.300. The number of imidazole rings is 1. The number of carbonyl (C=O) groups excluding carboxylic acids is 1. The minimum Gasteiger partial charge on any atom is -0.338 e. The van der Waals surface area contributed by atoms with Crippen molar-refractivity contribution < 1.29 is 4.79 Å². The van der Waals surface area contributed by atoms with Gasteiger partial charge < -0.3 is 10.3 Å². The Hall–Kier alpha value is -2.04. The largest absolute Gasteiger partial charge is 0.338 e. The van der Waals surface area contributed by atoms with Crippen LogP contribution >= 0.6 is 23.2 Å². The number of H-pyrrole nitrogens is 1. The zero-order valence-electron chi connectivity index (χ0n) is 14.2. The number of halogens is 2. The number of aromatic amines is 1. The first-order valence-corrected chi connectivity index (χ1v) is 9.62. The van der Waals surface area contributed by atoms with Crippen molar-refractivity contribution in [2.45, 2.75) is 32.1 Å². The summed E-state index contributed by atoms with van der Waals surface area (Å²) in [6.45, 7) is 0. The number of fused-ring (bicyclic) bond motifs is 1. The molecule has 3 aromatic rings. The molecule has 1 heterocycles. The molecular weight excluding hydrogens is 369 g/mol. The number of anilines is 1. The van der Waals surface area contributed by atoms with Gasteiger partial charge in [-0.1, -0.05) is 42.5 Å². The highest BCUT2D eigenvalue weighted by Gasteiger charge is 2.21. The Bertz CT molecular complexity index is 961. The van der Waals surface area contributed by atoms with Gasteiger partial charge in [0.2, 0.25) is 5.91 Å². The van der Waals surface area contributed by atoms with Crippen molar-refractivity contribution in [2.24, 2.45) is 5.92 Å². The van der Waals surface area contributed by atoms with E-state index in [0.29, 0.717) is 21.6 Å². The number of rotatable bonds is 3. The first kappa shape index (κ1) is 17.4. The molecule has 26 heavy (non-hydrogen) atoms.